The van der Waals surface area contributed by atoms with Crippen molar-refractivity contribution in [2.45, 2.75) is 6.92 Å². The van der Waals surface area contributed by atoms with E-state index in [0.29, 0.717) is 23.7 Å². The lowest BCUT2D eigenvalue weighted by atomic mass is 10.00. The largest absolute Gasteiger partial charge is 0.396 e. The number of aliphatic hydroxyl groups excluding tert-OH is 1. The Kier molecular flexibility index (Phi) is 3.17. The molecule has 0 bridgehead atoms. The minimum Gasteiger partial charge on any atom is -0.396 e. The van der Waals surface area contributed by atoms with E-state index in [2.05, 4.69) is 0 Å². The number of hydrogen-bond acceptors (Lipinski definition) is 2. The van der Waals surface area contributed by atoms with Crippen LogP contribution in [0.25, 0.3) is 0 Å². The molecule has 16 heavy (non-hydrogen) atoms. The van der Waals surface area contributed by atoms with Crippen molar-refractivity contribution in [1.29, 1.82) is 0 Å². The molecule has 0 atom stereocenters. The minimum atomic E-state index is -0.0466. The van der Waals surface area contributed by atoms with Gasteiger partial charge in [0.25, 0.3) is 5.91 Å². The van der Waals surface area contributed by atoms with Gasteiger partial charge in [0.05, 0.1) is 10.6 Å². The molecule has 0 unspecified atom stereocenters. The Morgan fingerprint density at radius 2 is 2.25 bits per heavy atom. The van der Waals surface area contributed by atoms with Gasteiger partial charge in [-0.05, 0) is 24.6 Å². The van der Waals surface area contributed by atoms with Crippen LogP contribution in [0.1, 0.15) is 15.9 Å². The molecule has 1 amide bonds. The standard InChI is InChI=1S/C12H14ClNO2/c1-8-2-3-10(11(13)4-8)12(16)14-5-9(6-14)7-15/h2-4,9,15H,5-7H2,1H3. The molecular formula is C12H14ClNO2. The Labute approximate surface area is 99.6 Å². The Bertz CT molecular complexity index is 413. The number of amides is 1. The van der Waals surface area contributed by atoms with Crippen molar-refractivity contribution in [3.05, 3.63) is 34.3 Å². The number of nitrogens with zero attached hydrogens (tertiary/aromatic N) is 1. The van der Waals surface area contributed by atoms with E-state index in [1.165, 1.54) is 0 Å². The molecule has 1 fully saturated rings. The molecule has 1 aliphatic heterocycles. The molecule has 0 radical (unpaired) electrons. The molecule has 0 saturated carbocycles. The third-order valence-electron chi connectivity index (χ3n) is 2.86. The van der Waals surface area contributed by atoms with Gasteiger partial charge in [0.15, 0.2) is 0 Å². The quantitative estimate of drug-likeness (QED) is 0.854. The lowest BCUT2D eigenvalue weighted by Gasteiger charge is -2.38. The van der Waals surface area contributed by atoms with Gasteiger partial charge in [-0.3, -0.25) is 4.79 Å². The zero-order valence-corrected chi connectivity index (χ0v) is 9.87. The third kappa shape index (κ3) is 2.06. The molecule has 0 spiro atoms. The van der Waals surface area contributed by atoms with Crippen molar-refractivity contribution in [3.8, 4) is 0 Å². The molecule has 3 nitrogen and oxygen atoms in total. The van der Waals surface area contributed by atoms with Gasteiger partial charge in [0.2, 0.25) is 0 Å². The van der Waals surface area contributed by atoms with Crippen LogP contribution in [0.4, 0.5) is 0 Å². The van der Waals surface area contributed by atoms with Crippen molar-refractivity contribution >= 4 is 17.5 Å². The smallest absolute Gasteiger partial charge is 0.255 e. The Morgan fingerprint density at radius 1 is 1.56 bits per heavy atom. The van der Waals surface area contributed by atoms with Crippen LogP contribution in [-0.4, -0.2) is 35.6 Å². The highest BCUT2D eigenvalue weighted by atomic mass is 35.5. The van der Waals surface area contributed by atoms with Crippen LogP contribution in [0, 0.1) is 12.8 Å². The van der Waals surface area contributed by atoms with Crippen LogP contribution in [0.2, 0.25) is 5.02 Å². The SMILES string of the molecule is Cc1ccc(C(=O)N2CC(CO)C2)c(Cl)c1. The fourth-order valence-electron chi connectivity index (χ4n) is 1.82. The van der Waals surface area contributed by atoms with Gasteiger partial charge < -0.3 is 10.0 Å². The van der Waals surface area contributed by atoms with E-state index >= 15 is 0 Å². The summed E-state index contributed by atoms with van der Waals surface area (Å²) >= 11 is 6.02. The van der Waals surface area contributed by atoms with E-state index in [4.69, 9.17) is 16.7 Å². The number of carbonyl (C=O) groups excluding carboxylic acids is 1. The highest BCUT2D eigenvalue weighted by Crippen LogP contribution is 2.23. The van der Waals surface area contributed by atoms with Gasteiger partial charge in [-0.25, -0.2) is 0 Å². The monoisotopic (exact) mass is 239 g/mol. The average Bonchev–Trinajstić information content (AvgIpc) is 2.15. The maximum absolute atomic E-state index is 12.0. The first kappa shape index (κ1) is 11.4. The van der Waals surface area contributed by atoms with Crippen molar-refractivity contribution in [2.75, 3.05) is 19.7 Å². The minimum absolute atomic E-state index is 0.0466. The van der Waals surface area contributed by atoms with Gasteiger partial charge in [-0.2, -0.15) is 0 Å². The highest BCUT2D eigenvalue weighted by molar-refractivity contribution is 6.33. The van der Waals surface area contributed by atoms with Crippen LogP contribution in [0.15, 0.2) is 18.2 Å². The Balaban J connectivity index is 2.10. The Morgan fingerprint density at radius 3 is 2.81 bits per heavy atom. The van der Waals surface area contributed by atoms with Gasteiger partial charge in [0.1, 0.15) is 0 Å². The molecule has 1 saturated heterocycles. The van der Waals surface area contributed by atoms with Gasteiger partial charge in [-0.1, -0.05) is 17.7 Å². The first-order valence-electron chi connectivity index (χ1n) is 5.28. The van der Waals surface area contributed by atoms with Crippen molar-refractivity contribution < 1.29 is 9.90 Å². The lowest BCUT2D eigenvalue weighted by Crippen LogP contribution is -2.51. The number of carbonyl (C=O) groups is 1. The van der Waals surface area contributed by atoms with E-state index in [9.17, 15) is 4.79 Å². The van der Waals surface area contributed by atoms with Gasteiger partial charge >= 0.3 is 0 Å². The fraction of sp³-hybridized carbons (Fsp3) is 0.417. The molecule has 1 aromatic carbocycles. The predicted molar refractivity (Wildman–Crippen MR) is 62.7 cm³/mol. The van der Waals surface area contributed by atoms with Gasteiger partial charge in [0, 0.05) is 25.6 Å². The maximum Gasteiger partial charge on any atom is 0.255 e. The second kappa shape index (κ2) is 4.44. The topological polar surface area (TPSA) is 40.5 Å². The number of rotatable bonds is 2. The molecule has 4 heteroatoms. The molecule has 1 aromatic rings. The van der Waals surface area contributed by atoms with Crippen LogP contribution in [0.3, 0.4) is 0 Å². The zero-order valence-electron chi connectivity index (χ0n) is 9.11. The molecule has 2 rings (SSSR count). The number of likely N-dealkylation sites (tertiary alicyclic amines) is 1. The van der Waals surface area contributed by atoms with E-state index in [0.717, 1.165) is 5.56 Å². The predicted octanol–water partition coefficient (Wildman–Crippen LogP) is 1.71. The first-order valence-corrected chi connectivity index (χ1v) is 5.66. The maximum atomic E-state index is 12.0. The van der Waals surface area contributed by atoms with Crippen molar-refractivity contribution in [1.82, 2.24) is 4.90 Å². The van der Waals surface area contributed by atoms with Crippen molar-refractivity contribution in [2.24, 2.45) is 5.92 Å². The van der Waals surface area contributed by atoms with E-state index in [-0.39, 0.29) is 18.4 Å². The number of aliphatic hydroxyl groups is 1. The molecule has 1 N–H and O–H groups in total. The highest BCUT2D eigenvalue weighted by Gasteiger charge is 2.31. The lowest BCUT2D eigenvalue weighted by molar-refractivity contribution is 0.0362. The van der Waals surface area contributed by atoms with Crippen LogP contribution >= 0.6 is 11.6 Å². The van der Waals surface area contributed by atoms with E-state index in [1.54, 1.807) is 17.0 Å². The molecule has 0 aromatic heterocycles. The normalized spacial score (nSPS) is 16.1. The Hall–Kier alpha value is -1.06. The van der Waals surface area contributed by atoms with E-state index < -0.39 is 0 Å². The summed E-state index contributed by atoms with van der Waals surface area (Å²) in [5.74, 6) is 0.183. The summed E-state index contributed by atoms with van der Waals surface area (Å²) in [5, 5.41) is 9.38. The summed E-state index contributed by atoms with van der Waals surface area (Å²) < 4.78 is 0. The van der Waals surface area contributed by atoms with Crippen LogP contribution in [0.5, 0.6) is 0 Å². The second-order valence-corrected chi connectivity index (χ2v) is 4.65. The van der Waals surface area contributed by atoms with Crippen LogP contribution in [-0.2, 0) is 0 Å². The zero-order chi connectivity index (χ0) is 11.7. The summed E-state index contributed by atoms with van der Waals surface area (Å²) in [6, 6.07) is 5.42. The number of halogens is 1. The summed E-state index contributed by atoms with van der Waals surface area (Å²) in [6.07, 6.45) is 0. The molecule has 0 aliphatic carbocycles. The van der Waals surface area contributed by atoms with Crippen LogP contribution < -0.4 is 0 Å². The number of aryl methyl sites for hydroxylation is 1. The summed E-state index contributed by atoms with van der Waals surface area (Å²) in [6.45, 7) is 3.33. The third-order valence-corrected chi connectivity index (χ3v) is 3.17. The molecular weight excluding hydrogens is 226 g/mol. The summed E-state index contributed by atoms with van der Waals surface area (Å²) in [5.41, 5.74) is 1.59. The summed E-state index contributed by atoms with van der Waals surface area (Å²) in [7, 11) is 0. The molecule has 1 heterocycles. The van der Waals surface area contributed by atoms with Gasteiger partial charge in [-0.15, -0.1) is 0 Å². The number of benzene rings is 1. The van der Waals surface area contributed by atoms with E-state index in [1.807, 2.05) is 13.0 Å². The molecule has 86 valence electrons. The fourth-order valence-corrected chi connectivity index (χ4v) is 2.13. The summed E-state index contributed by atoms with van der Waals surface area (Å²) in [4.78, 5) is 13.7. The number of hydrogen-bond donors (Lipinski definition) is 1. The first-order chi connectivity index (χ1) is 7.61. The molecule has 1 aliphatic rings. The van der Waals surface area contributed by atoms with Crippen molar-refractivity contribution in [3.63, 3.8) is 0 Å². The second-order valence-electron chi connectivity index (χ2n) is 4.24. The average molecular weight is 240 g/mol.